The number of furan rings is 1. The number of nitrogens with zero attached hydrogens (tertiary/aromatic N) is 2. The quantitative estimate of drug-likeness (QED) is 0.518. The summed E-state index contributed by atoms with van der Waals surface area (Å²) in [4.78, 5) is 24.0. The smallest absolute Gasteiger partial charge is 0.416 e. The number of aliphatic hydroxyl groups is 1. The average Bonchev–Trinajstić information content (AvgIpc) is 3.27. The van der Waals surface area contributed by atoms with E-state index in [2.05, 4.69) is 4.74 Å². The molecule has 1 saturated heterocycles. The van der Waals surface area contributed by atoms with Gasteiger partial charge in [-0.2, -0.15) is 13.2 Å². The van der Waals surface area contributed by atoms with Gasteiger partial charge in [-0.1, -0.05) is 18.2 Å². The number of carbonyl (C=O) groups excluding carboxylic acids is 2. The molecule has 0 aliphatic carbocycles. The lowest BCUT2D eigenvalue weighted by molar-refractivity contribution is -0.156. The van der Waals surface area contributed by atoms with E-state index in [0.717, 1.165) is 12.1 Å². The second kappa shape index (κ2) is 11.5. The van der Waals surface area contributed by atoms with Crippen molar-refractivity contribution in [3.05, 3.63) is 59.0 Å². The van der Waals surface area contributed by atoms with Crippen molar-refractivity contribution in [1.82, 2.24) is 10.0 Å². The standard InChI is InChI=1S/C24H29F3N2O5/c1-33-23(32)21-10-9-20(34-21)7-3-13-29-22(31)8-4-12-28(29)14-11-19(30)16-17-5-2-6-18(15-17)24(25,26)27/h2,5-6,9-10,15,19,30H,3-4,7-8,11-14,16H2,1H3. The van der Waals surface area contributed by atoms with Crippen LogP contribution in [0.4, 0.5) is 13.2 Å². The van der Waals surface area contributed by atoms with Crippen LogP contribution in [0.1, 0.15) is 53.1 Å². The van der Waals surface area contributed by atoms with Crippen LogP contribution < -0.4 is 0 Å². The van der Waals surface area contributed by atoms with Crippen LogP contribution in [0.15, 0.2) is 40.8 Å². The SMILES string of the molecule is COC(=O)c1ccc(CCCN2C(=O)CCCN2CCC(O)Cc2cccc(C(F)(F)F)c2)o1. The number of ether oxygens (including phenoxy) is 1. The maximum absolute atomic E-state index is 12.9. The van der Waals surface area contributed by atoms with Crippen LogP contribution in [0.3, 0.4) is 0 Å². The zero-order valence-corrected chi connectivity index (χ0v) is 19.0. The maximum atomic E-state index is 12.9. The molecule has 2 aromatic rings. The number of halogens is 3. The molecule has 0 radical (unpaired) electrons. The second-order valence-electron chi connectivity index (χ2n) is 8.28. The predicted octanol–water partition coefficient (Wildman–Crippen LogP) is 3.85. The number of methoxy groups -OCH3 is 1. The fraction of sp³-hybridized carbons (Fsp3) is 0.500. The highest BCUT2D eigenvalue weighted by atomic mass is 19.4. The van der Waals surface area contributed by atoms with Gasteiger partial charge in [0, 0.05) is 32.5 Å². The monoisotopic (exact) mass is 482 g/mol. The molecule has 1 amide bonds. The Morgan fingerprint density at radius 3 is 2.76 bits per heavy atom. The Labute approximate surface area is 196 Å². The number of aryl methyl sites for hydroxylation is 1. The number of rotatable bonds is 10. The van der Waals surface area contributed by atoms with E-state index >= 15 is 0 Å². The molecule has 1 aliphatic heterocycles. The summed E-state index contributed by atoms with van der Waals surface area (Å²) in [6.07, 6.45) is -2.53. The van der Waals surface area contributed by atoms with Crippen molar-refractivity contribution in [1.29, 1.82) is 0 Å². The minimum Gasteiger partial charge on any atom is -0.463 e. The van der Waals surface area contributed by atoms with Crippen LogP contribution in [0.2, 0.25) is 0 Å². The molecule has 1 unspecified atom stereocenters. The minimum atomic E-state index is -4.42. The molecule has 0 bridgehead atoms. The lowest BCUT2D eigenvalue weighted by atomic mass is 10.0. The third kappa shape index (κ3) is 7.07. The molecule has 186 valence electrons. The van der Waals surface area contributed by atoms with Crippen LogP contribution in [0, 0.1) is 0 Å². The number of benzene rings is 1. The number of hydrazine groups is 1. The van der Waals surface area contributed by atoms with Crippen LogP contribution in [0.25, 0.3) is 0 Å². The molecule has 10 heteroatoms. The zero-order valence-electron chi connectivity index (χ0n) is 19.0. The van der Waals surface area contributed by atoms with Gasteiger partial charge in [-0.3, -0.25) is 9.80 Å². The topological polar surface area (TPSA) is 83.2 Å². The number of aliphatic hydroxyl groups excluding tert-OH is 1. The van der Waals surface area contributed by atoms with E-state index in [0.29, 0.717) is 63.1 Å². The molecule has 7 nitrogen and oxygen atoms in total. The molecule has 1 aromatic heterocycles. The summed E-state index contributed by atoms with van der Waals surface area (Å²) in [5, 5.41) is 14.0. The van der Waals surface area contributed by atoms with E-state index in [9.17, 15) is 27.9 Å². The van der Waals surface area contributed by atoms with Crippen molar-refractivity contribution in [2.24, 2.45) is 0 Å². The van der Waals surface area contributed by atoms with Crippen molar-refractivity contribution < 1.29 is 37.0 Å². The third-order valence-corrected chi connectivity index (χ3v) is 5.72. The van der Waals surface area contributed by atoms with Gasteiger partial charge in [-0.25, -0.2) is 9.80 Å². The molecule has 0 saturated carbocycles. The second-order valence-corrected chi connectivity index (χ2v) is 8.28. The van der Waals surface area contributed by atoms with Gasteiger partial charge in [0.1, 0.15) is 5.76 Å². The van der Waals surface area contributed by atoms with E-state index in [1.165, 1.54) is 13.2 Å². The first-order valence-corrected chi connectivity index (χ1v) is 11.2. The minimum absolute atomic E-state index is 0.00619. The molecule has 2 heterocycles. The summed E-state index contributed by atoms with van der Waals surface area (Å²) in [6.45, 7) is 1.53. The molecule has 1 atom stereocenters. The van der Waals surface area contributed by atoms with Crippen molar-refractivity contribution in [3.63, 3.8) is 0 Å². The van der Waals surface area contributed by atoms with Gasteiger partial charge < -0.3 is 14.3 Å². The van der Waals surface area contributed by atoms with Gasteiger partial charge in [-0.15, -0.1) is 0 Å². The molecular formula is C24H29F3N2O5. The van der Waals surface area contributed by atoms with Crippen molar-refractivity contribution >= 4 is 11.9 Å². The number of carbonyl (C=O) groups is 2. The molecule has 1 N–H and O–H groups in total. The first-order valence-electron chi connectivity index (χ1n) is 11.2. The third-order valence-electron chi connectivity index (χ3n) is 5.72. The van der Waals surface area contributed by atoms with Gasteiger partial charge >= 0.3 is 12.1 Å². The number of alkyl halides is 3. The van der Waals surface area contributed by atoms with Gasteiger partial charge in [0.15, 0.2) is 0 Å². The predicted molar refractivity (Wildman–Crippen MR) is 117 cm³/mol. The van der Waals surface area contributed by atoms with Gasteiger partial charge in [0.25, 0.3) is 0 Å². The number of amides is 1. The highest BCUT2D eigenvalue weighted by molar-refractivity contribution is 5.86. The van der Waals surface area contributed by atoms with Gasteiger partial charge in [0.05, 0.1) is 18.8 Å². The molecule has 3 rings (SSSR count). The van der Waals surface area contributed by atoms with E-state index < -0.39 is 23.8 Å². The Morgan fingerprint density at radius 2 is 2.03 bits per heavy atom. The summed E-state index contributed by atoms with van der Waals surface area (Å²) in [5.41, 5.74) is -0.320. The molecule has 1 fully saturated rings. The molecule has 0 spiro atoms. The van der Waals surface area contributed by atoms with Crippen LogP contribution in [-0.4, -0.2) is 59.8 Å². The van der Waals surface area contributed by atoms with Crippen LogP contribution in [0.5, 0.6) is 0 Å². The zero-order chi connectivity index (χ0) is 24.7. The molecule has 34 heavy (non-hydrogen) atoms. The Kier molecular flexibility index (Phi) is 8.73. The largest absolute Gasteiger partial charge is 0.463 e. The fourth-order valence-electron chi connectivity index (χ4n) is 3.99. The summed E-state index contributed by atoms with van der Waals surface area (Å²) < 4.78 is 48.8. The van der Waals surface area contributed by atoms with E-state index in [1.54, 1.807) is 23.2 Å². The van der Waals surface area contributed by atoms with Crippen molar-refractivity contribution in [3.8, 4) is 0 Å². The average molecular weight is 482 g/mol. The van der Waals surface area contributed by atoms with Crippen LogP contribution >= 0.6 is 0 Å². The Bertz CT molecular complexity index is 976. The summed E-state index contributed by atoms with van der Waals surface area (Å²) in [6, 6.07) is 8.21. The lowest BCUT2D eigenvalue weighted by Gasteiger charge is -2.39. The Balaban J connectivity index is 1.50. The fourth-order valence-corrected chi connectivity index (χ4v) is 3.99. The normalized spacial score (nSPS) is 16.0. The molecule has 1 aromatic carbocycles. The highest BCUT2D eigenvalue weighted by Gasteiger charge is 2.30. The number of hydrogen-bond acceptors (Lipinski definition) is 6. The summed E-state index contributed by atoms with van der Waals surface area (Å²) >= 11 is 0. The first-order chi connectivity index (χ1) is 16.2. The van der Waals surface area contributed by atoms with Crippen molar-refractivity contribution in [2.45, 2.75) is 50.8 Å². The van der Waals surface area contributed by atoms with E-state index in [-0.39, 0.29) is 18.1 Å². The summed E-state index contributed by atoms with van der Waals surface area (Å²) in [7, 11) is 1.28. The molecule has 1 aliphatic rings. The van der Waals surface area contributed by atoms with Gasteiger partial charge in [0.2, 0.25) is 11.7 Å². The lowest BCUT2D eigenvalue weighted by Crippen LogP contribution is -2.51. The maximum Gasteiger partial charge on any atom is 0.416 e. The van der Waals surface area contributed by atoms with Gasteiger partial charge in [-0.05, 0) is 49.4 Å². The Morgan fingerprint density at radius 1 is 1.24 bits per heavy atom. The summed E-state index contributed by atoms with van der Waals surface area (Å²) in [5.74, 6) is 0.191. The molecular weight excluding hydrogens is 453 g/mol. The van der Waals surface area contributed by atoms with Crippen molar-refractivity contribution in [2.75, 3.05) is 26.7 Å². The van der Waals surface area contributed by atoms with E-state index in [1.807, 2.05) is 5.01 Å². The number of esters is 1. The van der Waals surface area contributed by atoms with E-state index in [4.69, 9.17) is 4.42 Å². The van der Waals surface area contributed by atoms with Crippen LogP contribution in [-0.2, 0) is 28.5 Å². The first kappa shape index (κ1) is 25.8. The Hall–Kier alpha value is -2.85. The highest BCUT2D eigenvalue weighted by Crippen LogP contribution is 2.30. The number of hydrogen-bond donors (Lipinski definition) is 1.